The fraction of sp³-hybridized carbons (Fsp3) is 0.750. The second-order valence-electron chi connectivity index (χ2n) is 4.98. The van der Waals surface area contributed by atoms with Crippen molar-refractivity contribution >= 4 is 0 Å². The van der Waals surface area contributed by atoms with E-state index in [9.17, 15) is 0 Å². The van der Waals surface area contributed by atoms with Gasteiger partial charge < -0.3 is 15.2 Å². The van der Waals surface area contributed by atoms with Crippen LogP contribution in [-0.4, -0.2) is 41.3 Å². The fourth-order valence-corrected chi connectivity index (χ4v) is 1.36. The van der Waals surface area contributed by atoms with E-state index in [2.05, 4.69) is 37.4 Å². The zero-order chi connectivity index (χ0) is 12.7. The molecule has 0 unspecified atom stereocenters. The molecule has 0 bridgehead atoms. The first-order valence-electron chi connectivity index (χ1n) is 5.97. The van der Waals surface area contributed by atoms with Crippen molar-refractivity contribution in [3.8, 4) is 0 Å². The lowest BCUT2D eigenvalue weighted by Crippen LogP contribution is -2.22. The SMILES string of the molecule is CC(C)(C)n1cc(CNCCOCCO)cn1. The van der Waals surface area contributed by atoms with Crippen LogP contribution in [0.2, 0.25) is 0 Å². The van der Waals surface area contributed by atoms with Crippen molar-refractivity contribution in [1.29, 1.82) is 0 Å². The number of nitrogens with one attached hydrogen (secondary N) is 1. The van der Waals surface area contributed by atoms with Gasteiger partial charge in [-0.25, -0.2) is 0 Å². The van der Waals surface area contributed by atoms with E-state index in [1.807, 2.05) is 10.9 Å². The molecule has 98 valence electrons. The van der Waals surface area contributed by atoms with E-state index >= 15 is 0 Å². The molecule has 0 saturated heterocycles. The summed E-state index contributed by atoms with van der Waals surface area (Å²) in [6, 6.07) is 0. The molecular weight excluding hydrogens is 218 g/mol. The normalized spacial score (nSPS) is 12.0. The summed E-state index contributed by atoms with van der Waals surface area (Å²) >= 11 is 0. The number of ether oxygens (including phenoxy) is 1. The van der Waals surface area contributed by atoms with E-state index in [-0.39, 0.29) is 12.1 Å². The number of hydrogen-bond donors (Lipinski definition) is 2. The van der Waals surface area contributed by atoms with Crippen molar-refractivity contribution in [3.05, 3.63) is 18.0 Å². The fourth-order valence-electron chi connectivity index (χ4n) is 1.36. The van der Waals surface area contributed by atoms with Gasteiger partial charge in [-0.3, -0.25) is 4.68 Å². The summed E-state index contributed by atoms with van der Waals surface area (Å²) in [6.45, 7) is 9.05. The third-order valence-electron chi connectivity index (χ3n) is 2.31. The van der Waals surface area contributed by atoms with Crippen LogP contribution in [-0.2, 0) is 16.8 Å². The van der Waals surface area contributed by atoms with Crippen LogP contribution in [0.15, 0.2) is 12.4 Å². The number of hydrogen-bond acceptors (Lipinski definition) is 4. The van der Waals surface area contributed by atoms with Crippen molar-refractivity contribution < 1.29 is 9.84 Å². The Bertz CT molecular complexity index is 318. The van der Waals surface area contributed by atoms with Gasteiger partial charge in [0.25, 0.3) is 0 Å². The van der Waals surface area contributed by atoms with Crippen LogP contribution in [0.4, 0.5) is 0 Å². The average molecular weight is 241 g/mol. The van der Waals surface area contributed by atoms with Gasteiger partial charge in [-0.05, 0) is 20.8 Å². The van der Waals surface area contributed by atoms with Gasteiger partial charge in [0, 0.05) is 24.8 Å². The second-order valence-corrected chi connectivity index (χ2v) is 4.98. The number of nitrogens with zero attached hydrogens (tertiary/aromatic N) is 2. The lowest BCUT2D eigenvalue weighted by molar-refractivity contribution is 0.0938. The van der Waals surface area contributed by atoms with Crippen molar-refractivity contribution in [2.45, 2.75) is 32.9 Å². The highest BCUT2D eigenvalue weighted by Gasteiger charge is 2.13. The van der Waals surface area contributed by atoms with E-state index in [1.165, 1.54) is 5.56 Å². The molecule has 1 rings (SSSR count). The molecule has 5 nitrogen and oxygen atoms in total. The molecule has 0 radical (unpaired) electrons. The second kappa shape index (κ2) is 6.74. The van der Waals surface area contributed by atoms with Crippen LogP contribution in [0.25, 0.3) is 0 Å². The Balaban J connectivity index is 2.21. The first kappa shape index (κ1) is 14.2. The predicted molar refractivity (Wildman–Crippen MR) is 66.8 cm³/mol. The molecule has 0 spiro atoms. The molecule has 0 amide bonds. The monoisotopic (exact) mass is 241 g/mol. The number of aliphatic hydroxyl groups excluding tert-OH is 1. The van der Waals surface area contributed by atoms with Gasteiger partial charge in [-0.2, -0.15) is 5.10 Å². The van der Waals surface area contributed by atoms with Crippen LogP contribution >= 0.6 is 0 Å². The van der Waals surface area contributed by atoms with Gasteiger partial charge in [0.1, 0.15) is 0 Å². The highest BCUT2D eigenvalue weighted by molar-refractivity contribution is 5.04. The molecule has 0 aliphatic heterocycles. The molecule has 17 heavy (non-hydrogen) atoms. The molecule has 1 aromatic rings. The molecule has 1 aromatic heterocycles. The van der Waals surface area contributed by atoms with Gasteiger partial charge in [-0.1, -0.05) is 0 Å². The van der Waals surface area contributed by atoms with Gasteiger partial charge in [0.05, 0.1) is 31.6 Å². The van der Waals surface area contributed by atoms with Gasteiger partial charge in [0.15, 0.2) is 0 Å². The minimum Gasteiger partial charge on any atom is -0.394 e. The summed E-state index contributed by atoms with van der Waals surface area (Å²) in [5, 5.41) is 16.1. The number of aliphatic hydroxyl groups is 1. The number of rotatable bonds is 7. The van der Waals surface area contributed by atoms with Crippen molar-refractivity contribution in [2.24, 2.45) is 0 Å². The summed E-state index contributed by atoms with van der Waals surface area (Å²) in [5.74, 6) is 0. The van der Waals surface area contributed by atoms with E-state index < -0.39 is 0 Å². The molecule has 0 aliphatic rings. The lowest BCUT2D eigenvalue weighted by atomic mass is 10.1. The predicted octanol–water partition coefficient (Wildman–Crippen LogP) is 0.737. The minimum atomic E-state index is 0.0302. The van der Waals surface area contributed by atoms with Crippen molar-refractivity contribution in [3.63, 3.8) is 0 Å². The summed E-state index contributed by atoms with van der Waals surface area (Å²) in [7, 11) is 0. The van der Waals surface area contributed by atoms with Crippen molar-refractivity contribution in [1.82, 2.24) is 15.1 Å². The Morgan fingerprint density at radius 2 is 2.18 bits per heavy atom. The third kappa shape index (κ3) is 5.30. The molecule has 2 N–H and O–H groups in total. The maximum absolute atomic E-state index is 8.52. The Hall–Kier alpha value is -0.910. The smallest absolute Gasteiger partial charge is 0.0698 e. The van der Waals surface area contributed by atoms with Crippen molar-refractivity contribution in [2.75, 3.05) is 26.4 Å². The standard InChI is InChI=1S/C12H23N3O2/c1-12(2,3)15-10-11(9-14-15)8-13-4-6-17-7-5-16/h9-10,13,16H,4-8H2,1-3H3. The molecule has 0 aliphatic carbocycles. The minimum absolute atomic E-state index is 0.0302. The van der Waals surface area contributed by atoms with E-state index in [0.29, 0.717) is 13.2 Å². The summed E-state index contributed by atoms with van der Waals surface area (Å²) in [4.78, 5) is 0. The average Bonchev–Trinajstić information content (AvgIpc) is 2.71. The largest absolute Gasteiger partial charge is 0.394 e. The Morgan fingerprint density at radius 1 is 1.41 bits per heavy atom. The van der Waals surface area contributed by atoms with Crippen LogP contribution < -0.4 is 5.32 Å². The molecule has 0 atom stereocenters. The Labute approximate surface area is 103 Å². The quantitative estimate of drug-likeness (QED) is 0.691. The zero-order valence-electron chi connectivity index (χ0n) is 10.9. The first-order chi connectivity index (χ1) is 8.04. The lowest BCUT2D eigenvalue weighted by Gasteiger charge is -2.18. The summed E-state index contributed by atoms with van der Waals surface area (Å²) in [6.07, 6.45) is 3.94. The summed E-state index contributed by atoms with van der Waals surface area (Å²) < 4.78 is 7.11. The van der Waals surface area contributed by atoms with Crippen LogP contribution in [0.3, 0.4) is 0 Å². The maximum atomic E-state index is 8.52. The van der Waals surface area contributed by atoms with E-state index in [1.54, 1.807) is 0 Å². The highest BCUT2D eigenvalue weighted by Crippen LogP contribution is 2.12. The highest BCUT2D eigenvalue weighted by atomic mass is 16.5. The Morgan fingerprint density at radius 3 is 2.76 bits per heavy atom. The molecular formula is C12H23N3O2. The number of aromatic nitrogens is 2. The molecule has 5 heteroatoms. The van der Waals surface area contributed by atoms with Gasteiger partial charge in [-0.15, -0.1) is 0 Å². The molecule has 0 aromatic carbocycles. The third-order valence-corrected chi connectivity index (χ3v) is 2.31. The van der Waals surface area contributed by atoms with E-state index in [0.717, 1.165) is 13.1 Å². The molecule has 1 heterocycles. The van der Waals surface area contributed by atoms with Gasteiger partial charge >= 0.3 is 0 Å². The molecule has 0 fully saturated rings. The van der Waals surface area contributed by atoms with Crippen LogP contribution in [0.5, 0.6) is 0 Å². The first-order valence-corrected chi connectivity index (χ1v) is 5.97. The van der Waals surface area contributed by atoms with Crippen LogP contribution in [0.1, 0.15) is 26.3 Å². The molecule has 0 saturated carbocycles. The zero-order valence-corrected chi connectivity index (χ0v) is 10.9. The van der Waals surface area contributed by atoms with Gasteiger partial charge in [0.2, 0.25) is 0 Å². The Kier molecular flexibility index (Phi) is 5.61. The van der Waals surface area contributed by atoms with Crippen LogP contribution in [0, 0.1) is 0 Å². The van der Waals surface area contributed by atoms with E-state index in [4.69, 9.17) is 9.84 Å². The summed E-state index contributed by atoms with van der Waals surface area (Å²) in [5.41, 5.74) is 1.20. The topological polar surface area (TPSA) is 59.3 Å². The maximum Gasteiger partial charge on any atom is 0.0698 e.